The molecule has 0 spiro atoms. The van der Waals surface area contributed by atoms with E-state index in [1.54, 1.807) is 14.2 Å². The average Bonchev–Trinajstić information content (AvgIpc) is 3.07. The van der Waals surface area contributed by atoms with Gasteiger partial charge in [0.1, 0.15) is 16.8 Å². The zero-order valence-electron chi connectivity index (χ0n) is 14.2. The third kappa shape index (κ3) is 3.41. The predicted molar refractivity (Wildman–Crippen MR) is 96.2 cm³/mol. The fourth-order valence-electron chi connectivity index (χ4n) is 3.15. The maximum absolute atomic E-state index is 6.46. The Morgan fingerprint density at radius 1 is 1.08 bits per heavy atom. The highest BCUT2D eigenvalue weighted by molar-refractivity contribution is 6.32. The number of nitrogens with one attached hydrogen (secondary N) is 1. The van der Waals surface area contributed by atoms with Gasteiger partial charge in [-0.3, -0.25) is 0 Å². The van der Waals surface area contributed by atoms with Crippen LogP contribution in [0.5, 0.6) is 11.5 Å². The molecule has 0 bridgehead atoms. The molecule has 3 rings (SSSR count). The summed E-state index contributed by atoms with van der Waals surface area (Å²) >= 11 is 6.46. The van der Waals surface area contributed by atoms with Crippen molar-refractivity contribution < 1.29 is 9.47 Å². The van der Waals surface area contributed by atoms with E-state index >= 15 is 0 Å². The van der Waals surface area contributed by atoms with Crippen molar-refractivity contribution in [1.29, 1.82) is 0 Å². The molecule has 1 N–H and O–H groups in total. The number of anilines is 1. The van der Waals surface area contributed by atoms with Crippen LogP contribution in [-0.2, 0) is 0 Å². The molecule has 6 heteroatoms. The Morgan fingerprint density at radius 3 is 2.46 bits per heavy atom. The Kier molecular flexibility index (Phi) is 5.09. The van der Waals surface area contributed by atoms with Crippen LogP contribution in [0.1, 0.15) is 31.5 Å². The molecule has 0 aliphatic heterocycles. The topological polar surface area (TPSA) is 56.3 Å². The zero-order valence-corrected chi connectivity index (χ0v) is 15.0. The summed E-state index contributed by atoms with van der Waals surface area (Å²) in [5.41, 5.74) is 1.70. The van der Waals surface area contributed by atoms with E-state index in [4.69, 9.17) is 21.1 Å². The van der Waals surface area contributed by atoms with Crippen molar-refractivity contribution in [3.05, 3.63) is 29.2 Å². The van der Waals surface area contributed by atoms with Crippen LogP contribution in [0.4, 0.5) is 5.82 Å². The van der Waals surface area contributed by atoms with Gasteiger partial charge in [0.2, 0.25) is 0 Å². The maximum atomic E-state index is 6.46. The van der Waals surface area contributed by atoms with Gasteiger partial charge in [-0.2, -0.15) is 0 Å². The highest BCUT2D eigenvalue weighted by Gasteiger charge is 2.21. The molecule has 0 atom stereocenters. The van der Waals surface area contributed by atoms with Crippen LogP contribution >= 0.6 is 11.6 Å². The van der Waals surface area contributed by atoms with Crippen LogP contribution in [0, 0.1) is 6.92 Å². The van der Waals surface area contributed by atoms with Gasteiger partial charge < -0.3 is 14.8 Å². The summed E-state index contributed by atoms with van der Waals surface area (Å²) in [6.07, 6.45) is 4.82. The second-order valence-corrected chi connectivity index (χ2v) is 6.34. The first-order valence-electron chi connectivity index (χ1n) is 8.15. The van der Waals surface area contributed by atoms with Crippen LogP contribution in [0.2, 0.25) is 5.15 Å². The summed E-state index contributed by atoms with van der Waals surface area (Å²) < 4.78 is 10.7. The van der Waals surface area contributed by atoms with Crippen LogP contribution < -0.4 is 14.8 Å². The molecular formula is C18H22ClN3O2. The molecule has 0 amide bonds. The van der Waals surface area contributed by atoms with Crippen LogP contribution in [0.15, 0.2) is 18.2 Å². The van der Waals surface area contributed by atoms with E-state index in [0.717, 1.165) is 29.8 Å². The second kappa shape index (κ2) is 7.26. The molecule has 1 aromatic carbocycles. The average molecular weight is 348 g/mol. The first kappa shape index (κ1) is 16.8. The summed E-state index contributed by atoms with van der Waals surface area (Å²) in [6, 6.07) is 6.15. The second-order valence-electron chi connectivity index (χ2n) is 5.98. The summed E-state index contributed by atoms with van der Waals surface area (Å²) in [4.78, 5) is 8.92. The lowest BCUT2D eigenvalue weighted by Gasteiger charge is -2.18. The highest BCUT2D eigenvalue weighted by Crippen LogP contribution is 2.38. The minimum absolute atomic E-state index is 0.439. The number of hydrogen-bond acceptors (Lipinski definition) is 5. The fraction of sp³-hybridized carbons (Fsp3) is 0.444. The number of hydrogen-bond donors (Lipinski definition) is 1. The van der Waals surface area contributed by atoms with Gasteiger partial charge in [-0.25, -0.2) is 9.97 Å². The highest BCUT2D eigenvalue weighted by atomic mass is 35.5. The maximum Gasteiger partial charge on any atom is 0.161 e. The third-order valence-electron chi connectivity index (χ3n) is 4.34. The molecule has 0 radical (unpaired) electrons. The smallest absolute Gasteiger partial charge is 0.161 e. The van der Waals surface area contributed by atoms with Crippen molar-refractivity contribution >= 4 is 17.4 Å². The van der Waals surface area contributed by atoms with E-state index in [-0.39, 0.29) is 0 Å². The Balaban J connectivity index is 2.05. The molecule has 1 aliphatic rings. The Morgan fingerprint density at radius 2 is 1.79 bits per heavy atom. The monoisotopic (exact) mass is 347 g/mol. The number of halogens is 1. The SMILES string of the molecule is COc1ccc(-c2c(Cl)nc(C)nc2NC2CCCC2)cc1OC. The Hall–Kier alpha value is -2.01. The van der Waals surface area contributed by atoms with Gasteiger partial charge in [0.15, 0.2) is 11.5 Å². The summed E-state index contributed by atoms with van der Waals surface area (Å²) in [7, 11) is 3.24. The predicted octanol–water partition coefficient (Wildman–Crippen LogP) is 4.48. The molecule has 5 nitrogen and oxygen atoms in total. The summed E-state index contributed by atoms with van der Waals surface area (Å²) in [6.45, 7) is 1.85. The lowest BCUT2D eigenvalue weighted by atomic mass is 10.1. The van der Waals surface area contributed by atoms with Crippen LogP contribution in [0.25, 0.3) is 11.1 Å². The number of aromatic nitrogens is 2. The molecule has 1 aliphatic carbocycles. The number of nitrogens with zero attached hydrogens (tertiary/aromatic N) is 2. The first-order valence-corrected chi connectivity index (χ1v) is 8.53. The Bertz CT molecular complexity index is 730. The first-order chi connectivity index (χ1) is 11.6. The number of aryl methyl sites for hydroxylation is 1. The summed E-state index contributed by atoms with van der Waals surface area (Å²) in [5.74, 6) is 2.77. The van der Waals surface area contributed by atoms with Crippen LogP contribution in [-0.4, -0.2) is 30.2 Å². The molecule has 1 saturated carbocycles. The number of ether oxygens (including phenoxy) is 2. The standard InChI is InChI=1S/C18H22ClN3O2/c1-11-20-17(19)16(18(21-11)22-13-6-4-5-7-13)12-8-9-14(23-2)15(10-12)24-3/h8-10,13H,4-7H2,1-3H3,(H,20,21,22). The van der Waals surface area contributed by atoms with Crippen molar-refractivity contribution in [3.63, 3.8) is 0 Å². The van der Waals surface area contributed by atoms with E-state index in [1.807, 2.05) is 25.1 Å². The normalized spacial score (nSPS) is 14.7. The van der Waals surface area contributed by atoms with Crippen LogP contribution in [0.3, 0.4) is 0 Å². The van der Waals surface area contributed by atoms with E-state index in [1.165, 1.54) is 12.8 Å². The van der Waals surface area contributed by atoms with Gasteiger partial charge in [-0.1, -0.05) is 30.5 Å². The lowest BCUT2D eigenvalue weighted by Crippen LogP contribution is -2.17. The number of methoxy groups -OCH3 is 2. The molecule has 2 aromatic rings. The van der Waals surface area contributed by atoms with Crippen molar-refractivity contribution in [1.82, 2.24) is 9.97 Å². The molecular weight excluding hydrogens is 326 g/mol. The fourth-order valence-corrected chi connectivity index (χ4v) is 3.47. The van der Waals surface area contributed by atoms with Crippen molar-refractivity contribution in [2.45, 2.75) is 38.6 Å². The van der Waals surface area contributed by atoms with Crippen molar-refractivity contribution in [2.75, 3.05) is 19.5 Å². The van der Waals surface area contributed by atoms with Gasteiger partial charge in [0.25, 0.3) is 0 Å². The van der Waals surface area contributed by atoms with E-state index < -0.39 is 0 Å². The van der Waals surface area contributed by atoms with E-state index in [0.29, 0.717) is 28.5 Å². The quantitative estimate of drug-likeness (QED) is 0.808. The summed E-state index contributed by atoms with van der Waals surface area (Å²) in [5, 5.41) is 3.99. The molecule has 0 unspecified atom stereocenters. The number of benzene rings is 1. The van der Waals surface area contributed by atoms with Gasteiger partial charge in [0.05, 0.1) is 19.8 Å². The molecule has 0 saturated heterocycles. The lowest BCUT2D eigenvalue weighted by molar-refractivity contribution is 0.355. The van der Waals surface area contributed by atoms with E-state index in [9.17, 15) is 0 Å². The van der Waals surface area contributed by atoms with Crippen molar-refractivity contribution in [2.24, 2.45) is 0 Å². The van der Waals surface area contributed by atoms with Gasteiger partial charge in [0, 0.05) is 6.04 Å². The van der Waals surface area contributed by atoms with Gasteiger partial charge in [-0.05, 0) is 37.5 Å². The number of rotatable bonds is 5. The third-order valence-corrected chi connectivity index (χ3v) is 4.62. The molecule has 24 heavy (non-hydrogen) atoms. The molecule has 1 fully saturated rings. The van der Waals surface area contributed by atoms with Gasteiger partial charge >= 0.3 is 0 Å². The largest absolute Gasteiger partial charge is 0.493 e. The minimum Gasteiger partial charge on any atom is -0.493 e. The molecule has 1 heterocycles. The van der Waals surface area contributed by atoms with E-state index in [2.05, 4.69) is 15.3 Å². The minimum atomic E-state index is 0.439. The molecule has 128 valence electrons. The zero-order chi connectivity index (χ0) is 17.1. The van der Waals surface area contributed by atoms with Gasteiger partial charge in [-0.15, -0.1) is 0 Å². The molecule has 1 aromatic heterocycles. The Labute approximate surface area is 147 Å². The van der Waals surface area contributed by atoms with Crippen molar-refractivity contribution in [3.8, 4) is 22.6 Å².